The van der Waals surface area contributed by atoms with Crippen molar-refractivity contribution in [2.45, 2.75) is 19.4 Å². The molecule has 1 aliphatic rings. The summed E-state index contributed by atoms with van der Waals surface area (Å²) < 4.78 is 0. The molecule has 4 rings (SSSR count). The number of nitro groups is 2. The maximum atomic E-state index is 13.5. The lowest BCUT2D eigenvalue weighted by atomic mass is 9.87. The molecule has 1 heterocycles. The molecule has 3 aromatic carbocycles. The van der Waals surface area contributed by atoms with Crippen molar-refractivity contribution in [3.63, 3.8) is 0 Å². The predicted octanol–water partition coefficient (Wildman–Crippen LogP) is 4.60. The molecule has 156 valence electrons. The zero-order valence-corrected chi connectivity index (χ0v) is 16.7. The molecule has 1 unspecified atom stereocenters. The average Bonchev–Trinajstić information content (AvgIpc) is 2.78. The molecule has 0 fully saturated rings. The highest BCUT2D eigenvalue weighted by molar-refractivity contribution is 5.96. The van der Waals surface area contributed by atoms with Gasteiger partial charge in [-0.15, -0.1) is 0 Å². The summed E-state index contributed by atoms with van der Waals surface area (Å²) >= 11 is 0. The van der Waals surface area contributed by atoms with Crippen LogP contribution in [0.5, 0.6) is 0 Å². The third-order valence-corrected chi connectivity index (χ3v) is 5.65. The summed E-state index contributed by atoms with van der Waals surface area (Å²) in [6, 6.07) is 19.2. The summed E-state index contributed by atoms with van der Waals surface area (Å²) in [5.74, 6) is -0.477. The summed E-state index contributed by atoms with van der Waals surface area (Å²) in [5.41, 5.74) is 1.99. The van der Waals surface area contributed by atoms with Gasteiger partial charge >= 0.3 is 0 Å². The van der Waals surface area contributed by atoms with E-state index >= 15 is 0 Å². The minimum atomic E-state index is -0.695. The van der Waals surface area contributed by atoms with Gasteiger partial charge in [0.1, 0.15) is 5.56 Å². The zero-order valence-electron chi connectivity index (χ0n) is 16.7. The van der Waals surface area contributed by atoms with Gasteiger partial charge in [-0.25, -0.2) is 0 Å². The third kappa shape index (κ3) is 3.63. The van der Waals surface area contributed by atoms with E-state index in [2.05, 4.69) is 0 Å². The van der Waals surface area contributed by atoms with Crippen molar-refractivity contribution in [3.05, 3.63) is 115 Å². The fourth-order valence-corrected chi connectivity index (χ4v) is 4.13. The van der Waals surface area contributed by atoms with Crippen LogP contribution in [0, 0.1) is 27.2 Å². The average molecular weight is 417 g/mol. The number of rotatable bonds is 4. The van der Waals surface area contributed by atoms with E-state index in [-0.39, 0.29) is 11.1 Å². The number of fused-ring (bicyclic) bond motifs is 1. The number of hydrogen-bond donors (Lipinski definition) is 0. The molecule has 0 aromatic heterocycles. The van der Waals surface area contributed by atoms with Gasteiger partial charge in [0.05, 0.1) is 21.5 Å². The summed E-state index contributed by atoms with van der Waals surface area (Å²) in [5, 5.41) is 22.9. The molecule has 8 nitrogen and oxygen atoms in total. The molecular formula is C23H19N3O5. The van der Waals surface area contributed by atoms with E-state index in [0.29, 0.717) is 13.0 Å². The Morgan fingerprint density at radius 2 is 1.52 bits per heavy atom. The number of carbonyl (C=O) groups is 1. The van der Waals surface area contributed by atoms with Crippen molar-refractivity contribution >= 4 is 17.3 Å². The first-order valence-corrected chi connectivity index (χ1v) is 9.75. The molecule has 3 aromatic rings. The van der Waals surface area contributed by atoms with Crippen LogP contribution in [-0.4, -0.2) is 27.2 Å². The van der Waals surface area contributed by atoms with Gasteiger partial charge in [0, 0.05) is 18.7 Å². The summed E-state index contributed by atoms with van der Waals surface area (Å²) in [6.07, 6.45) is 0.626. The molecule has 0 spiro atoms. The van der Waals surface area contributed by atoms with E-state index in [9.17, 15) is 25.0 Å². The summed E-state index contributed by atoms with van der Waals surface area (Å²) in [4.78, 5) is 36.7. The van der Waals surface area contributed by atoms with Gasteiger partial charge in [0.15, 0.2) is 0 Å². The van der Waals surface area contributed by atoms with Crippen LogP contribution in [0.25, 0.3) is 0 Å². The second-order valence-corrected chi connectivity index (χ2v) is 7.41. The van der Waals surface area contributed by atoms with Gasteiger partial charge in [-0.3, -0.25) is 25.0 Å². The predicted molar refractivity (Wildman–Crippen MR) is 114 cm³/mol. The van der Waals surface area contributed by atoms with Crippen molar-refractivity contribution in [2.75, 3.05) is 6.54 Å². The second kappa shape index (κ2) is 7.98. The normalized spacial score (nSPS) is 15.3. The van der Waals surface area contributed by atoms with Crippen LogP contribution in [0.2, 0.25) is 0 Å². The topological polar surface area (TPSA) is 107 Å². The fraction of sp³-hybridized carbons (Fsp3) is 0.174. The highest BCUT2D eigenvalue weighted by atomic mass is 16.6. The van der Waals surface area contributed by atoms with Crippen LogP contribution >= 0.6 is 0 Å². The SMILES string of the molecule is Cc1c([N+](=O)[O-])cc(C(=O)N2CCc3ccccc3C2c2ccccc2)cc1[N+](=O)[O-]. The monoisotopic (exact) mass is 417 g/mol. The third-order valence-electron chi connectivity index (χ3n) is 5.65. The highest BCUT2D eigenvalue weighted by Gasteiger charge is 2.34. The van der Waals surface area contributed by atoms with Gasteiger partial charge in [-0.1, -0.05) is 54.6 Å². The first-order valence-electron chi connectivity index (χ1n) is 9.75. The zero-order chi connectivity index (χ0) is 22.1. The molecule has 0 radical (unpaired) electrons. The largest absolute Gasteiger partial charge is 0.327 e. The van der Waals surface area contributed by atoms with E-state index in [1.165, 1.54) is 6.92 Å². The molecule has 1 amide bonds. The number of amides is 1. The highest BCUT2D eigenvalue weighted by Crippen LogP contribution is 2.37. The first-order chi connectivity index (χ1) is 14.9. The van der Waals surface area contributed by atoms with Crippen molar-refractivity contribution in [1.82, 2.24) is 4.90 Å². The van der Waals surface area contributed by atoms with E-state index in [1.807, 2.05) is 54.6 Å². The van der Waals surface area contributed by atoms with E-state index in [4.69, 9.17) is 0 Å². The van der Waals surface area contributed by atoms with Crippen LogP contribution in [-0.2, 0) is 6.42 Å². The Morgan fingerprint density at radius 3 is 2.13 bits per heavy atom. The number of hydrogen-bond acceptors (Lipinski definition) is 5. The Bertz CT molecular complexity index is 1160. The minimum absolute atomic E-state index is 0.0655. The molecule has 1 aliphatic heterocycles. The van der Waals surface area contributed by atoms with Crippen molar-refractivity contribution in [3.8, 4) is 0 Å². The van der Waals surface area contributed by atoms with Crippen molar-refractivity contribution in [1.29, 1.82) is 0 Å². The summed E-state index contributed by atoms with van der Waals surface area (Å²) in [6.45, 7) is 1.71. The Morgan fingerprint density at radius 1 is 0.935 bits per heavy atom. The van der Waals surface area contributed by atoms with Crippen LogP contribution in [0.15, 0.2) is 66.7 Å². The second-order valence-electron chi connectivity index (χ2n) is 7.41. The quantitative estimate of drug-likeness (QED) is 0.455. The molecule has 0 bridgehead atoms. The maximum absolute atomic E-state index is 13.5. The van der Waals surface area contributed by atoms with E-state index < -0.39 is 33.2 Å². The van der Waals surface area contributed by atoms with Gasteiger partial charge < -0.3 is 4.90 Å². The van der Waals surface area contributed by atoms with E-state index in [0.717, 1.165) is 28.8 Å². The van der Waals surface area contributed by atoms with Crippen LogP contribution in [0.3, 0.4) is 0 Å². The Labute approximate surface area is 178 Å². The lowest BCUT2D eigenvalue weighted by Gasteiger charge is -2.38. The molecule has 0 saturated heterocycles. The Kier molecular flexibility index (Phi) is 5.21. The van der Waals surface area contributed by atoms with Crippen molar-refractivity contribution in [2.24, 2.45) is 0 Å². The molecule has 0 N–H and O–H groups in total. The molecule has 0 saturated carbocycles. The number of benzene rings is 3. The molecule has 8 heteroatoms. The fourth-order valence-electron chi connectivity index (χ4n) is 4.13. The lowest BCUT2D eigenvalue weighted by molar-refractivity contribution is -0.395. The first kappa shape index (κ1) is 20.2. The number of nitro benzene ring substituents is 2. The Hall–Kier alpha value is -4.07. The van der Waals surface area contributed by atoms with Gasteiger partial charge in [-0.05, 0) is 30.0 Å². The summed E-state index contributed by atoms with van der Waals surface area (Å²) in [7, 11) is 0. The molecule has 0 aliphatic carbocycles. The van der Waals surface area contributed by atoms with Crippen LogP contribution < -0.4 is 0 Å². The van der Waals surface area contributed by atoms with Crippen molar-refractivity contribution < 1.29 is 14.6 Å². The van der Waals surface area contributed by atoms with Gasteiger partial charge in [-0.2, -0.15) is 0 Å². The minimum Gasteiger partial charge on any atom is -0.327 e. The smallest absolute Gasteiger partial charge is 0.279 e. The molecule has 1 atom stereocenters. The van der Waals surface area contributed by atoms with Gasteiger partial charge in [0.25, 0.3) is 17.3 Å². The molecule has 31 heavy (non-hydrogen) atoms. The number of carbonyl (C=O) groups excluding carboxylic acids is 1. The Balaban J connectivity index is 1.84. The van der Waals surface area contributed by atoms with Gasteiger partial charge in [0.2, 0.25) is 0 Å². The number of nitrogens with zero attached hydrogens (tertiary/aromatic N) is 3. The maximum Gasteiger partial charge on any atom is 0.279 e. The van der Waals surface area contributed by atoms with E-state index in [1.54, 1.807) is 4.90 Å². The standard InChI is InChI=1S/C23H19N3O5/c1-15-20(25(28)29)13-18(14-21(15)26(30)31)23(27)24-12-11-16-7-5-6-10-19(16)22(24)17-8-3-2-4-9-17/h2-10,13-14,22H,11-12H2,1H3. The molecular weight excluding hydrogens is 398 g/mol. The van der Waals surface area contributed by atoms with Crippen LogP contribution in [0.4, 0.5) is 11.4 Å². The van der Waals surface area contributed by atoms with Crippen LogP contribution in [0.1, 0.15) is 38.7 Å². The lowest BCUT2D eigenvalue weighted by Crippen LogP contribution is -2.40.